The lowest BCUT2D eigenvalue weighted by Gasteiger charge is -2.20. The summed E-state index contributed by atoms with van der Waals surface area (Å²) in [6.07, 6.45) is 0. The molecule has 5 nitrogen and oxygen atoms in total. The van der Waals surface area contributed by atoms with Crippen molar-refractivity contribution in [3.63, 3.8) is 0 Å². The Bertz CT molecular complexity index is 468. The van der Waals surface area contributed by atoms with Crippen LogP contribution in [0, 0.1) is 5.41 Å². The smallest absolute Gasteiger partial charge is 0.320 e. The van der Waals surface area contributed by atoms with Gasteiger partial charge < -0.3 is 14.8 Å². The molecule has 0 fully saturated rings. The molecule has 0 unspecified atom stereocenters. The van der Waals surface area contributed by atoms with Crippen molar-refractivity contribution in [1.29, 1.82) is 0 Å². The first kappa shape index (κ1) is 15.0. The largest absolute Gasteiger partial charge is 0.496 e. The van der Waals surface area contributed by atoms with Crippen LogP contribution in [0.5, 0.6) is 5.75 Å². The third-order valence-corrected chi connectivity index (χ3v) is 2.90. The highest BCUT2D eigenvalue weighted by atomic mass is 16.5. The summed E-state index contributed by atoms with van der Waals surface area (Å²) in [5, 5.41) is 2.71. The second-order valence-electron chi connectivity index (χ2n) is 4.61. The number of para-hydroxylation sites is 1. The molecule has 5 heteroatoms. The molecule has 0 atom stereocenters. The molecule has 0 saturated carbocycles. The molecule has 0 aliphatic carbocycles. The Morgan fingerprint density at radius 1 is 1.21 bits per heavy atom. The van der Waals surface area contributed by atoms with Gasteiger partial charge in [0.05, 0.1) is 14.2 Å². The van der Waals surface area contributed by atoms with Gasteiger partial charge in [-0.05, 0) is 19.9 Å². The molecule has 1 rings (SSSR count). The zero-order chi connectivity index (χ0) is 14.5. The number of ether oxygens (including phenoxy) is 2. The van der Waals surface area contributed by atoms with Crippen LogP contribution in [0.15, 0.2) is 24.3 Å². The molecule has 0 radical (unpaired) electrons. The Morgan fingerprint density at radius 2 is 1.84 bits per heavy atom. The predicted molar refractivity (Wildman–Crippen MR) is 70.6 cm³/mol. The number of nitrogens with one attached hydrogen (secondary N) is 1. The van der Waals surface area contributed by atoms with Crippen LogP contribution in [0.25, 0.3) is 0 Å². The molecule has 1 aromatic carbocycles. The van der Waals surface area contributed by atoms with E-state index in [0.717, 1.165) is 5.56 Å². The van der Waals surface area contributed by atoms with Crippen molar-refractivity contribution in [3.05, 3.63) is 29.8 Å². The molecular formula is C14H19NO4. The summed E-state index contributed by atoms with van der Waals surface area (Å²) < 4.78 is 9.80. The molecule has 0 aliphatic rings. The lowest BCUT2D eigenvalue weighted by molar-refractivity contribution is -0.156. The van der Waals surface area contributed by atoms with Gasteiger partial charge in [0, 0.05) is 12.1 Å². The van der Waals surface area contributed by atoms with Gasteiger partial charge in [-0.15, -0.1) is 0 Å². The molecule has 1 amide bonds. The van der Waals surface area contributed by atoms with Crippen LogP contribution in [0.3, 0.4) is 0 Å². The van der Waals surface area contributed by atoms with E-state index in [1.807, 2.05) is 24.3 Å². The van der Waals surface area contributed by atoms with Crippen molar-refractivity contribution >= 4 is 11.9 Å². The number of benzene rings is 1. The second kappa shape index (κ2) is 6.22. The fourth-order valence-corrected chi connectivity index (χ4v) is 1.59. The molecule has 19 heavy (non-hydrogen) atoms. The summed E-state index contributed by atoms with van der Waals surface area (Å²) in [5.74, 6) is -0.256. The summed E-state index contributed by atoms with van der Waals surface area (Å²) >= 11 is 0. The Hall–Kier alpha value is -2.04. The number of carbonyl (C=O) groups is 2. The first-order chi connectivity index (χ1) is 8.93. The van der Waals surface area contributed by atoms with Gasteiger partial charge in [-0.3, -0.25) is 9.59 Å². The van der Waals surface area contributed by atoms with Crippen LogP contribution in [-0.2, 0) is 20.9 Å². The van der Waals surface area contributed by atoms with Gasteiger partial charge >= 0.3 is 5.97 Å². The fourth-order valence-electron chi connectivity index (χ4n) is 1.59. The number of esters is 1. The van der Waals surface area contributed by atoms with E-state index in [1.165, 1.54) is 21.0 Å². The Kier molecular flexibility index (Phi) is 4.92. The zero-order valence-corrected chi connectivity index (χ0v) is 11.6. The van der Waals surface area contributed by atoms with Crippen LogP contribution in [-0.4, -0.2) is 26.1 Å². The van der Waals surface area contributed by atoms with Crippen molar-refractivity contribution in [2.24, 2.45) is 5.41 Å². The first-order valence-electron chi connectivity index (χ1n) is 5.92. The number of amides is 1. The summed E-state index contributed by atoms with van der Waals surface area (Å²) in [5.41, 5.74) is -0.365. The van der Waals surface area contributed by atoms with Gasteiger partial charge in [-0.25, -0.2) is 0 Å². The lowest BCUT2D eigenvalue weighted by Crippen LogP contribution is -2.42. The highest BCUT2D eigenvalue weighted by molar-refractivity contribution is 6.01. The van der Waals surface area contributed by atoms with Crippen LogP contribution < -0.4 is 10.1 Å². The Morgan fingerprint density at radius 3 is 2.42 bits per heavy atom. The molecule has 0 heterocycles. The molecule has 0 aliphatic heterocycles. The quantitative estimate of drug-likeness (QED) is 0.647. The maximum Gasteiger partial charge on any atom is 0.320 e. The van der Waals surface area contributed by atoms with Gasteiger partial charge in [0.2, 0.25) is 5.91 Å². The van der Waals surface area contributed by atoms with Crippen LogP contribution in [0.2, 0.25) is 0 Å². The number of methoxy groups -OCH3 is 2. The van der Waals surface area contributed by atoms with E-state index >= 15 is 0 Å². The summed E-state index contributed by atoms with van der Waals surface area (Å²) in [7, 11) is 2.83. The molecular weight excluding hydrogens is 246 g/mol. The van der Waals surface area contributed by atoms with Crippen molar-refractivity contribution < 1.29 is 19.1 Å². The lowest BCUT2D eigenvalue weighted by atomic mass is 9.92. The molecule has 1 N–H and O–H groups in total. The van der Waals surface area contributed by atoms with E-state index in [2.05, 4.69) is 10.1 Å². The fraction of sp³-hybridized carbons (Fsp3) is 0.429. The topological polar surface area (TPSA) is 64.6 Å². The molecule has 0 saturated heterocycles. The van der Waals surface area contributed by atoms with E-state index in [-0.39, 0.29) is 5.91 Å². The molecule has 0 bridgehead atoms. The zero-order valence-electron chi connectivity index (χ0n) is 11.6. The Labute approximate surface area is 112 Å². The van der Waals surface area contributed by atoms with E-state index in [4.69, 9.17) is 4.74 Å². The minimum absolute atomic E-state index is 0.295. The third-order valence-electron chi connectivity index (χ3n) is 2.90. The SMILES string of the molecule is COC(=O)C(C)(C)C(=O)NCc1ccccc1OC. The molecule has 0 spiro atoms. The van der Waals surface area contributed by atoms with E-state index in [1.54, 1.807) is 7.11 Å². The van der Waals surface area contributed by atoms with Gasteiger partial charge in [0.15, 0.2) is 0 Å². The monoisotopic (exact) mass is 265 g/mol. The second-order valence-corrected chi connectivity index (χ2v) is 4.61. The maximum atomic E-state index is 12.0. The van der Waals surface area contributed by atoms with E-state index < -0.39 is 11.4 Å². The van der Waals surface area contributed by atoms with Crippen LogP contribution in [0.4, 0.5) is 0 Å². The standard InChI is InChI=1S/C14H19NO4/c1-14(2,13(17)19-4)12(16)15-9-10-7-5-6-8-11(10)18-3/h5-8H,9H2,1-4H3,(H,15,16). The molecule has 1 aromatic rings. The summed E-state index contributed by atoms with van der Waals surface area (Å²) in [6, 6.07) is 7.37. The summed E-state index contributed by atoms with van der Waals surface area (Å²) in [6.45, 7) is 3.34. The first-order valence-corrected chi connectivity index (χ1v) is 5.92. The highest BCUT2D eigenvalue weighted by Crippen LogP contribution is 2.20. The predicted octanol–water partition coefficient (Wildman–Crippen LogP) is 1.51. The van der Waals surface area contributed by atoms with Crippen molar-refractivity contribution in [1.82, 2.24) is 5.32 Å². The number of carbonyl (C=O) groups excluding carboxylic acids is 2. The van der Waals surface area contributed by atoms with Crippen LogP contribution in [0.1, 0.15) is 19.4 Å². The normalized spacial score (nSPS) is 10.7. The van der Waals surface area contributed by atoms with Gasteiger partial charge in [0.25, 0.3) is 0 Å². The Balaban J connectivity index is 2.71. The van der Waals surface area contributed by atoms with E-state index in [9.17, 15) is 9.59 Å². The number of rotatable bonds is 5. The summed E-state index contributed by atoms with van der Waals surface area (Å²) in [4.78, 5) is 23.5. The van der Waals surface area contributed by atoms with Crippen molar-refractivity contribution in [2.75, 3.05) is 14.2 Å². The van der Waals surface area contributed by atoms with Gasteiger partial charge in [-0.1, -0.05) is 18.2 Å². The van der Waals surface area contributed by atoms with Crippen molar-refractivity contribution in [3.8, 4) is 5.75 Å². The average Bonchev–Trinajstić information content (AvgIpc) is 2.43. The molecule has 0 aromatic heterocycles. The van der Waals surface area contributed by atoms with Crippen molar-refractivity contribution in [2.45, 2.75) is 20.4 Å². The van der Waals surface area contributed by atoms with Gasteiger partial charge in [0.1, 0.15) is 11.2 Å². The minimum atomic E-state index is -1.21. The molecule has 104 valence electrons. The third kappa shape index (κ3) is 3.47. The number of hydrogen-bond acceptors (Lipinski definition) is 4. The van der Waals surface area contributed by atoms with Crippen LogP contribution >= 0.6 is 0 Å². The number of hydrogen-bond donors (Lipinski definition) is 1. The highest BCUT2D eigenvalue weighted by Gasteiger charge is 2.37. The van der Waals surface area contributed by atoms with Gasteiger partial charge in [-0.2, -0.15) is 0 Å². The maximum absolute atomic E-state index is 12.0. The minimum Gasteiger partial charge on any atom is -0.496 e. The van der Waals surface area contributed by atoms with E-state index in [0.29, 0.717) is 12.3 Å². The average molecular weight is 265 g/mol.